The summed E-state index contributed by atoms with van der Waals surface area (Å²) < 4.78 is 0. The first kappa shape index (κ1) is 13.3. The number of benzene rings is 1. The van der Waals surface area contributed by atoms with Crippen LogP contribution in [0.15, 0.2) is 35.3 Å². The predicted octanol–water partition coefficient (Wildman–Crippen LogP) is 2.58. The third-order valence-electron chi connectivity index (χ3n) is 3.28. The molecule has 100 valence electrons. The lowest BCUT2D eigenvalue weighted by Gasteiger charge is -2.08. The van der Waals surface area contributed by atoms with E-state index in [1.165, 1.54) is 0 Å². The summed E-state index contributed by atoms with van der Waals surface area (Å²) >= 11 is 0. The molecule has 0 saturated carbocycles. The summed E-state index contributed by atoms with van der Waals surface area (Å²) in [6.45, 7) is 4.04. The Morgan fingerprint density at radius 3 is 2.58 bits per heavy atom. The minimum atomic E-state index is -0.106. The Kier molecular flexibility index (Phi) is 4.00. The van der Waals surface area contributed by atoms with Gasteiger partial charge in [0.05, 0.1) is 0 Å². The molecule has 0 amide bonds. The van der Waals surface area contributed by atoms with Crippen LogP contribution in [0.2, 0.25) is 0 Å². The number of aromatic amines is 1. The molecule has 2 N–H and O–H groups in total. The van der Waals surface area contributed by atoms with Gasteiger partial charge in [-0.2, -0.15) is 0 Å². The van der Waals surface area contributed by atoms with E-state index in [1.807, 2.05) is 26.0 Å². The Balaban J connectivity index is 2.21. The van der Waals surface area contributed by atoms with Gasteiger partial charge in [0.1, 0.15) is 11.4 Å². The minimum absolute atomic E-state index is 0.106. The molecule has 1 atom stereocenters. The van der Waals surface area contributed by atoms with Crippen molar-refractivity contribution in [3.8, 4) is 5.75 Å². The van der Waals surface area contributed by atoms with Crippen LogP contribution in [-0.2, 0) is 6.42 Å². The highest BCUT2D eigenvalue weighted by Crippen LogP contribution is 2.14. The monoisotopic (exact) mass is 258 g/mol. The van der Waals surface area contributed by atoms with Crippen LogP contribution in [0.4, 0.5) is 0 Å². The average Bonchev–Trinajstić information content (AvgIpc) is 2.41. The minimum Gasteiger partial charge on any atom is -0.508 e. The lowest BCUT2D eigenvalue weighted by Crippen LogP contribution is -2.18. The van der Waals surface area contributed by atoms with E-state index in [0.29, 0.717) is 12.1 Å². The molecule has 0 aliphatic carbocycles. The highest BCUT2D eigenvalue weighted by Gasteiger charge is 2.10. The van der Waals surface area contributed by atoms with Crippen molar-refractivity contribution in [1.82, 2.24) is 9.97 Å². The zero-order valence-corrected chi connectivity index (χ0v) is 11.2. The molecule has 2 rings (SSSR count). The summed E-state index contributed by atoms with van der Waals surface area (Å²) in [7, 11) is 0. The molecule has 1 aromatic carbocycles. The van der Waals surface area contributed by atoms with Gasteiger partial charge in [0.15, 0.2) is 0 Å². The van der Waals surface area contributed by atoms with Crippen molar-refractivity contribution in [2.24, 2.45) is 0 Å². The molecule has 1 aromatic heterocycles. The van der Waals surface area contributed by atoms with E-state index >= 15 is 0 Å². The molecule has 0 spiro atoms. The number of aromatic nitrogens is 2. The Morgan fingerprint density at radius 2 is 2.00 bits per heavy atom. The zero-order valence-electron chi connectivity index (χ0n) is 11.2. The first-order valence-corrected chi connectivity index (χ1v) is 6.46. The molecule has 4 nitrogen and oxygen atoms in total. The summed E-state index contributed by atoms with van der Waals surface area (Å²) in [5, 5.41) is 9.22. The van der Waals surface area contributed by atoms with Gasteiger partial charge >= 0.3 is 0 Å². The van der Waals surface area contributed by atoms with Gasteiger partial charge in [-0.15, -0.1) is 0 Å². The molecule has 2 aromatic rings. The molecule has 0 unspecified atom stereocenters. The second-order valence-corrected chi connectivity index (χ2v) is 4.78. The largest absolute Gasteiger partial charge is 0.508 e. The number of phenols is 1. The lowest BCUT2D eigenvalue weighted by atomic mass is 10.1. The fourth-order valence-electron chi connectivity index (χ4n) is 1.92. The van der Waals surface area contributed by atoms with Gasteiger partial charge in [0, 0.05) is 24.2 Å². The van der Waals surface area contributed by atoms with Crippen LogP contribution in [0.25, 0.3) is 0 Å². The topological polar surface area (TPSA) is 66.0 Å². The maximum Gasteiger partial charge on any atom is 0.270 e. The lowest BCUT2D eigenvalue weighted by molar-refractivity contribution is 0.475. The molecule has 0 aliphatic heterocycles. The zero-order chi connectivity index (χ0) is 13.8. The van der Waals surface area contributed by atoms with Crippen LogP contribution in [-0.4, -0.2) is 15.1 Å². The van der Waals surface area contributed by atoms with Gasteiger partial charge in [0.2, 0.25) is 0 Å². The first-order chi connectivity index (χ1) is 9.10. The molecule has 0 aliphatic rings. The van der Waals surface area contributed by atoms with Crippen LogP contribution in [0, 0.1) is 0 Å². The molecule has 0 saturated heterocycles. The number of hydrogen-bond donors (Lipinski definition) is 2. The van der Waals surface area contributed by atoms with E-state index in [0.717, 1.165) is 17.7 Å². The van der Waals surface area contributed by atoms with Crippen LogP contribution >= 0.6 is 0 Å². The quantitative estimate of drug-likeness (QED) is 0.885. The number of nitrogens with zero attached hydrogens (tertiary/aromatic N) is 1. The van der Waals surface area contributed by atoms with Crippen molar-refractivity contribution < 1.29 is 5.11 Å². The van der Waals surface area contributed by atoms with Gasteiger partial charge < -0.3 is 10.1 Å². The molecule has 0 fully saturated rings. The van der Waals surface area contributed by atoms with Crippen molar-refractivity contribution >= 4 is 0 Å². The van der Waals surface area contributed by atoms with Crippen LogP contribution in [0.5, 0.6) is 5.75 Å². The van der Waals surface area contributed by atoms with Crippen molar-refractivity contribution in [2.45, 2.75) is 32.6 Å². The SMILES string of the molecule is CC[C@@H](C)c1ncc(Cc2ccc(O)cc2)[nH]c1=O. The van der Waals surface area contributed by atoms with Gasteiger partial charge in [-0.1, -0.05) is 26.0 Å². The summed E-state index contributed by atoms with van der Waals surface area (Å²) in [6.07, 6.45) is 3.21. The second kappa shape index (κ2) is 5.69. The Bertz CT molecular complexity index is 602. The number of H-pyrrole nitrogens is 1. The van der Waals surface area contributed by atoms with Gasteiger partial charge in [-0.05, 0) is 24.1 Å². The maximum absolute atomic E-state index is 11.9. The van der Waals surface area contributed by atoms with Crippen LogP contribution < -0.4 is 5.56 Å². The molecular formula is C15H18N2O2. The second-order valence-electron chi connectivity index (χ2n) is 4.78. The summed E-state index contributed by atoms with van der Waals surface area (Å²) in [6, 6.07) is 6.93. The molecule has 0 bridgehead atoms. The number of phenolic OH excluding ortho intramolecular Hbond substituents is 1. The third kappa shape index (κ3) is 3.22. The smallest absolute Gasteiger partial charge is 0.270 e. The molecular weight excluding hydrogens is 240 g/mol. The molecule has 4 heteroatoms. The molecule has 19 heavy (non-hydrogen) atoms. The van der Waals surface area contributed by atoms with E-state index in [1.54, 1.807) is 18.3 Å². The number of hydrogen-bond acceptors (Lipinski definition) is 3. The first-order valence-electron chi connectivity index (χ1n) is 6.46. The molecule has 1 heterocycles. The average molecular weight is 258 g/mol. The Hall–Kier alpha value is -2.10. The van der Waals surface area contributed by atoms with E-state index in [9.17, 15) is 9.90 Å². The van der Waals surface area contributed by atoms with E-state index in [2.05, 4.69) is 9.97 Å². The number of rotatable bonds is 4. The number of aromatic hydroxyl groups is 1. The van der Waals surface area contributed by atoms with Crippen LogP contribution in [0.3, 0.4) is 0 Å². The fraction of sp³-hybridized carbons (Fsp3) is 0.333. The van der Waals surface area contributed by atoms with Crippen molar-refractivity contribution in [1.29, 1.82) is 0 Å². The van der Waals surface area contributed by atoms with Gasteiger partial charge in [0.25, 0.3) is 5.56 Å². The highest BCUT2D eigenvalue weighted by molar-refractivity contribution is 5.28. The van der Waals surface area contributed by atoms with Gasteiger partial charge in [-0.25, -0.2) is 0 Å². The third-order valence-corrected chi connectivity index (χ3v) is 3.28. The predicted molar refractivity (Wildman–Crippen MR) is 74.5 cm³/mol. The van der Waals surface area contributed by atoms with E-state index < -0.39 is 0 Å². The van der Waals surface area contributed by atoms with Gasteiger partial charge in [-0.3, -0.25) is 9.78 Å². The highest BCUT2D eigenvalue weighted by atomic mass is 16.3. The Labute approximate surface area is 112 Å². The normalized spacial score (nSPS) is 12.3. The molecule has 0 radical (unpaired) electrons. The van der Waals surface area contributed by atoms with Crippen LogP contribution in [0.1, 0.15) is 43.1 Å². The van der Waals surface area contributed by atoms with E-state index in [4.69, 9.17) is 0 Å². The van der Waals surface area contributed by atoms with Crippen molar-refractivity contribution in [2.75, 3.05) is 0 Å². The fourth-order valence-corrected chi connectivity index (χ4v) is 1.92. The summed E-state index contributed by atoms with van der Waals surface area (Å²) in [5.74, 6) is 0.411. The summed E-state index contributed by atoms with van der Waals surface area (Å²) in [5.41, 5.74) is 2.29. The Morgan fingerprint density at radius 1 is 1.32 bits per heavy atom. The van der Waals surface area contributed by atoms with Crippen molar-refractivity contribution in [3.05, 3.63) is 57.8 Å². The van der Waals surface area contributed by atoms with E-state index in [-0.39, 0.29) is 17.2 Å². The summed E-state index contributed by atoms with van der Waals surface area (Å²) in [4.78, 5) is 19.1. The standard InChI is InChI=1S/C15H18N2O2/c1-3-10(2)14-15(19)17-12(9-16-14)8-11-4-6-13(18)7-5-11/h4-7,9-10,18H,3,8H2,1-2H3,(H,17,19)/t10-/m1/s1. The maximum atomic E-state index is 11.9. The van der Waals surface area contributed by atoms with Crippen molar-refractivity contribution in [3.63, 3.8) is 0 Å². The number of nitrogens with one attached hydrogen (secondary N) is 1.